The van der Waals surface area contributed by atoms with Crippen molar-refractivity contribution in [3.8, 4) is 11.1 Å². The smallest absolute Gasteiger partial charge is 0.283 e. The number of pyridine rings is 1. The van der Waals surface area contributed by atoms with Gasteiger partial charge in [0.2, 0.25) is 0 Å². The van der Waals surface area contributed by atoms with E-state index in [1.807, 2.05) is 60.0 Å². The van der Waals surface area contributed by atoms with Gasteiger partial charge in [-0.1, -0.05) is 72.3 Å². The van der Waals surface area contributed by atoms with Crippen molar-refractivity contribution in [1.82, 2.24) is 19.3 Å². The number of imidazole rings is 1. The zero-order valence-corrected chi connectivity index (χ0v) is 20.8. The van der Waals surface area contributed by atoms with Gasteiger partial charge in [0, 0.05) is 5.02 Å². The van der Waals surface area contributed by atoms with Crippen LogP contribution in [-0.2, 0) is 16.6 Å². The molecule has 0 saturated carbocycles. The number of nitrogens with zero attached hydrogens (tertiary/aromatic N) is 3. The van der Waals surface area contributed by atoms with Gasteiger partial charge in [-0.25, -0.2) is 23.1 Å². The molecule has 0 spiro atoms. The molecule has 0 radical (unpaired) electrons. The number of sulfonamides is 1. The standard InChI is InChI=1S/C27H21ClN4O3S/c1-18-29-24-14-15-25(27(33)31-36(34,35)22-10-6-3-7-11-22)30-26(24)32(18)17-21-13-12-20(16-23(21)28)19-8-4-2-5-9-19/h2-16H,17H2,1H3,(H,31,33). The van der Waals surface area contributed by atoms with Crippen molar-refractivity contribution in [3.05, 3.63) is 113 Å². The predicted octanol–water partition coefficient (Wildman–Crippen LogP) is 5.23. The molecule has 0 aliphatic heterocycles. The molecule has 1 N–H and O–H groups in total. The van der Waals surface area contributed by atoms with Crippen molar-refractivity contribution < 1.29 is 13.2 Å². The van der Waals surface area contributed by atoms with Gasteiger partial charge in [-0.2, -0.15) is 0 Å². The highest BCUT2D eigenvalue weighted by molar-refractivity contribution is 7.90. The summed E-state index contributed by atoms with van der Waals surface area (Å²) in [7, 11) is -4.03. The first-order valence-corrected chi connectivity index (χ1v) is 13.0. The van der Waals surface area contributed by atoms with Crippen LogP contribution in [0.2, 0.25) is 5.02 Å². The zero-order valence-electron chi connectivity index (χ0n) is 19.2. The monoisotopic (exact) mass is 516 g/mol. The number of hydrogen-bond donors (Lipinski definition) is 1. The minimum absolute atomic E-state index is 0.00564. The number of carbonyl (C=O) groups is 1. The molecule has 36 heavy (non-hydrogen) atoms. The lowest BCUT2D eigenvalue weighted by atomic mass is 10.0. The predicted molar refractivity (Wildman–Crippen MR) is 139 cm³/mol. The number of nitrogens with one attached hydrogen (secondary N) is 1. The molecule has 0 saturated heterocycles. The fourth-order valence-corrected chi connectivity index (χ4v) is 5.14. The summed E-state index contributed by atoms with van der Waals surface area (Å²) in [6, 6.07) is 26.6. The Morgan fingerprint density at radius 2 is 1.58 bits per heavy atom. The molecule has 2 heterocycles. The summed E-state index contributed by atoms with van der Waals surface area (Å²) in [5, 5.41) is 0.598. The molecule has 7 nitrogen and oxygen atoms in total. The molecule has 180 valence electrons. The van der Waals surface area contributed by atoms with E-state index in [2.05, 4.69) is 14.7 Å². The summed E-state index contributed by atoms with van der Waals surface area (Å²) in [4.78, 5) is 21.8. The SMILES string of the molecule is Cc1nc2ccc(C(=O)NS(=O)(=O)c3ccccc3)nc2n1Cc1ccc(-c2ccccc2)cc1Cl. The van der Waals surface area contributed by atoms with E-state index in [0.717, 1.165) is 16.7 Å². The van der Waals surface area contributed by atoms with Crippen molar-refractivity contribution in [3.63, 3.8) is 0 Å². The Hall–Kier alpha value is -4.01. The van der Waals surface area contributed by atoms with Crippen LogP contribution in [0.5, 0.6) is 0 Å². The quantitative estimate of drug-likeness (QED) is 0.333. The largest absolute Gasteiger partial charge is 0.308 e. The number of halogens is 1. The Morgan fingerprint density at radius 1 is 0.889 bits per heavy atom. The number of aromatic nitrogens is 3. The van der Waals surface area contributed by atoms with Crippen molar-refractivity contribution >= 4 is 38.7 Å². The fraction of sp³-hybridized carbons (Fsp3) is 0.0741. The molecule has 5 rings (SSSR count). The third-order valence-electron chi connectivity index (χ3n) is 5.78. The van der Waals surface area contributed by atoms with E-state index in [0.29, 0.717) is 28.6 Å². The third kappa shape index (κ3) is 4.73. The van der Waals surface area contributed by atoms with Crippen molar-refractivity contribution in [1.29, 1.82) is 0 Å². The second-order valence-corrected chi connectivity index (χ2v) is 10.3. The second-order valence-electron chi connectivity index (χ2n) is 8.20. The van der Waals surface area contributed by atoms with E-state index in [9.17, 15) is 13.2 Å². The maximum absolute atomic E-state index is 12.8. The third-order valence-corrected chi connectivity index (χ3v) is 7.48. The van der Waals surface area contributed by atoms with Crippen LogP contribution in [0.3, 0.4) is 0 Å². The summed E-state index contributed by atoms with van der Waals surface area (Å²) in [5.41, 5.74) is 3.95. The van der Waals surface area contributed by atoms with Crippen LogP contribution in [0.1, 0.15) is 21.9 Å². The topological polar surface area (TPSA) is 93.9 Å². The van der Waals surface area contributed by atoms with Gasteiger partial charge in [0.05, 0.1) is 11.4 Å². The first-order valence-electron chi connectivity index (χ1n) is 11.1. The molecular formula is C27H21ClN4O3S. The summed E-state index contributed by atoms with van der Waals surface area (Å²) in [6.45, 7) is 2.23. The minimum atomic E-state index is -4.03. The van der Waals surface area contributed by atoms with Crippen LogP contribution in [0, 0.1) is 6.92 Å². The number of benzene rings is 3. The Balaban J connectivity index is 1.44. The Bertz CT molecular complexity index is 1690. The number of rotatable bonds is 6. The summed E-state index contributed by atoms with van der Waals surface area (Å²) in [6.07, 6.45) is 0. The summed E-state index contributed by atoms with van der Waals surface area (Å²) < 4.78 is 29.1. The minimum Gasteiger partial charge on any atom is -0.308 e. The molecule has 0 atom stereocenters. The van der Waals surface area contributed by atoms with E-state index in [1.54, 1.807) is 24.3 Å². The molecule has 5 aromatic rings. The average Bonchev–Trinajstić information content (AvgIpc) is 3.20. The lowest BCUT2D eigenvalue weighted by Crippen LogP contribution is -2.31. The molecular weight excluding hydrogens is 496 g/mol. The summed E-state index contributed by atoms with van der Waals surface area (Å²) in [5.74, 6) is -0.133. The van der Waals surface area contributed by atoms with Crippen LogP contribution >= 0.6 is 11.6 Å². The molecule has 1 amide bonds. The molecule has 2 aromatic heterocycles. The zero-order chi connectivity index (χ0) is 25.3. The van der Waals surface area contributed by atoms with Gasteiger partial charge in [0.25, 0.3) is 15.9 Å². The van der Waals surface area contributed by atoms with Gasteiger partial charge >= 0.3 is 0 Å². The van der Waals surface area contributed by atoms with E-state index >= 15 is 0 Å². The second kappa shape index (κ2) is 9.56. The molecule has 0 bridgehead atoms. The van der Waals surface area contributed by atoms with Crippen LogP contribution < -0.4 is 4.72 Å². The fourth-order valence-electron chi connectivity index (χ4n) is 3.92. The van der Waals surface area contributed by atoms with Crippen LogP contribution in [-0.4, -0.2) is 28.9 Å². The van der Waals surface area contributed by atoms with Crippen molar-refractivity contribution in [2.75, 3.05) is 0 Å². The van der Waals surface area contributed by atoms with Gasteiger partial charge in [0.15, 0.2) is 5.65 Å². The average molecular weight is 517 g/mol. The van der Waals surface area contributed by atoms with E-state index in [-0.39, 0.29) is 10.6 Å². The molecule has 0 aliphatic carbocycles. The molecule has 9 heteroatoms. The molecule has 0 unspecified atom stereocenters. The van der Waals surface area contributed by atoms with Crippen LogP contribution in [0.4, 0.5) is 0 Å². The number of hydrogen-bond acceptors (Lipinski definition) is 5. The Kier molecular flexibility index (Phi) is 6.30. The van der Waals surface area contributed by atoms with E-state index in [1.165, 1.54) is 18.2 Å². The first-order chi connectivity index (χ1) is 17.3. The molecule has 3 aromatic carbocycles. The lowest BCUT2D eigenvalue weighted by Gasteiger charge is -2.11. The summed E-state index contributed by atoms with van der Waals surface area (Å²) >= 11 is 6.63. The van der Waals surface area contributed by atoms with E-state index in [4.69, 9.17) is 11.6 Å². The van der Waals surface area contributed by atoms with Gasteiger partial charge < -0.3 is 4.57 Å². The number of amides is 1. The lowest BCUT2D eigenvalue weighted by molar-refractivity contribution is 0.0977. The van der Waals surface area contributed by atoms with Crippen LogP contribution in [0.15, 0.2) is 95.9 Å². The molecule has 0 fully saturated rings. The van der Waals surface area contributed by atoms with Gasteiger partial charge in [-0.3, -0.25) is 4.79 Å². The number of fused-ring (bicyclic) bond motifs is 1. The number of carbonyl (C=O) groups excluding carboxylic acids is 1. The van der Waals surface area contributed by atoms with Crippen molar-refractivity contribution in [2.45, 2.75) is 18.4 Å². The van der Waals surface area contributed by atoms with Crippen molar-refractivity contribution in [2.24, 2.45) is 0 Å². The van der Waals surface area contributed by atoms with Crippen LogP contribution in [0.25, 0.3) is 22.3 Å². The highest BCUT2D eigenvalue weighted by atomic mass is 35.5. The highest BCUT2D eigenvalue weighted by Crippen LogP contribution is 2.27. The first kappa shape index (κ1) is 23.7. The molecule has 0 aliphatic rings. The maximum Gasteiger partial charge on any atom is 0.283 e. The Morgan fingerprint density at radius 3 is 2.28 bits per heavy atom. The highest BCUT2D eigenvalue weighted by Gasteiger charge is 2.21. The van der Waals surface area contributed by atoms with E-state index < -0.39 is 15.9 Å². The maximum atomic E-state index is 12.8. The normalized spacial score (nSPS) is 11.5. The number of aryl methyl sites for hydroxylation is 1. The van der Waals surface area contributed by atoms with Gasteiger partial charge in [0.1, 0.15) is 17.0 Å². The van der Waals surface area contributed by atoms with Gasteiger partial charge in [-0.05, 0) is 53.9 Å². The van der Waals surface area contributed by atoms with Gasteiger partial charge in [-0.15, -0.1) is 0 Å². The Labute approximate surface area is 213 Å².